The number of nitrogens with zero attached hydrogens (tertiary/aromatic N) is 2. The second kappa shape index (κ2) is 23.0. The van der Waals surface area contributed by atoms with Crippen LogP contribution in [0.1, 0.15) is 69.6 Å². The van der Waals surface area contributed by atoms with Crippen LogP contribution in [0.4, 0.5) is 0 Å². The highest BCUT2D eigenvalue weighted by Crippen LogP contribution is 2.19. The second-order valence-corrected chi connectivity index (χ2v) is 9.62. The largest absolute Gasteiger partial charge is 0.493 e. The van der Waals surface area contributed by atoms with Crippen molar-refractivity contribution >= 4 is 19.5 Å². The second-order valence-electron chi connectivity index (χ2n) is 9.62. The van der Waals surface area contributed by atoms with Gasteiger partial charge in [0.1, 0.15) is 23.2 Å². The van der Waals surface area contributed by atoms with Crippen LogP contribution >= 0.6 is 0 Å². The highest BCUT2D eigenvalue weighted by atomic mass is 16.5. The van der Waals surface area contributed by atoms with Crippen molar-refractivity contribution in [2.75, 3.05) is 27.4 Å². The molecule has 0 bridgehead atoms. The zero-order valence-electron chi connectivity index (χ0n) is 26.9. The predicted octanol–water partition coefficient (Wildman–Crippen LogP) is 7.71. The summed E-state index contributed by atoms with van der Waals surface area (Å²) in [6.07, 6.45) is 13.5. The minimum absolute atomic E-state index is 0.625. The molecule has 3 rings (SSSR count). The van der Waals surface area contributed by atoms with Crippen molar-refractivity contribution in [1.29, 1.82) is 0 Å². The number of hydrogen-bond donors (Lipinski definition) is 2. The van der Waals surface area contributed by atoms with Gasteiger partial charge in [0.05, 0.1) is 14.5 Å². The lowest BCUT2D eigenvalue weighted by Gasteiger charge is -2.16. The van der Waals surface area contributed by atoms with Crippen molar-refractivity contribution in [3.05, 3.63) is 101 Å². The molecule has 2 aromatic carbocycles. The molecule has 7 heteroatoms. The summed E-state index contributed by atoms with van der Waals surface area (Å²) >= 11 is 0. The van der Waals surface area contributed by atoms with Crippen LogP contribution in [0.2, 0.25) is 6.82 Å². The molecule has 226 valence electrons. The average Bonchev–Trinajstić information content (AvgIpc) is 3.00. The summed E-state index contributed by atoms with van der Waals surface area (Å²) < 4.78 is 10.8. The van der Waals surface area contributed by atoms with Gasteiger partial charge in [-0.3, -0.25) is 4.99 Å². The number of benzene rings is 2. The Kier molecular flexibility index (Phi) is 20.0. The Bertz CT molecular complexity index is 1180. The van der Waals surface area contributed by atoms with E-state index in [1.54, 1.807) is 14.2 Å². The predicted molar refractivity (Wildman–Crippen MR) is 182 cm³/mol. The molecule has 0 aliphatic carbocycles. The zero-order chi connectivity index (χ0) is 31.0. The molecule has 1 heterocycles. The average molecular weight is 571 g/mol. The van der Waals surface area contributed by atoms with Crippen LogP contribution in [0, 0.1) is 6.92 Å². The Hall–Kier alpha value is -3.58. The van der Waals surface area contributed by atoms with E-state index in [-0.39, 0.29) is 0 Å². The van der Waals surface area contributed by atoms with Gasteiger partial charge in [0.2, 0.25) is 0 Å². The lowest BCUT2D eigenvalue weighted by Crippen LogP contribution is -2.32. The van der Waals surface area contributed by atoms with Gasteiger partial charge in [-0.2, -0.15) is 0 Å². The Labute approximate surface area is 256 Å². The lowest BCUT2D eigenvalue weighted by atomic mass is 10.1. The highest BCUT2D eigenvalue weighted by Gasteiger charge is 2.11. The van der Waals surface area contributed by atoms with E-state index >= 15 is 0 Å². The topological polar surface area (TPSA) is 67.2 Å². The van der Waals surface area contributed by atoms with Gasteiger partial charge in [0.25, 0.3) is 0 Å². The lowest BCUT2D eigenvalue weighted by molar-refractivity contribution is 0.199. The van der Waals surface area contributed by atoms with Crippen molar-refractivity contribution < 1.29 is 9.47 Å². The monoisotopic (exact) mass is 570 g/mol. The molecule has 0 fully saturated rings. The maximum atomic E-state index is 6.12. The normalized spacial score (nSPS) is 19.6. The van der Waals surface area contributed by atoms with Crippen LogP contribution < -0.4 is 15.4 Å². The number of para-hydroxylation sites is 1. The third-order valence-corrected chi connectivity index (χ3v) is 6.12. The Morgan fingerprint density at radius 2 is 1.79 bits per heavy atom. The first kappa shape index (κ1) is 36.5. The van der Waals surface area contributed by atoms with Gasteiger partial charge in [-0.1, -0.05) is 80.9 Å². The fourth-order valence-electron chi connectivity index (χ4n) is 3.99. The minimum atomic E-state index is 0.625. The van der Waals surface area contributed by atoms with E-state index in [1.165, 1.54) is 12.4 Å². The molecule has 0 saturated carbocycles. The van der Waals surface area contributed by atoms with Crippen molar-refractivity contribution in [3.63, 3.8) is 0 Å². The Balaban J connectivity index is 0.00000114. The van der Waals surface area contributed by atoms with Crippen LogP contribution in [-0.2, 0) is 11.3 Å². The SMILES string of the molecule is CC/C=C1/N=C(\c2ccccc2C)NC(=NC)/C=C(\C)C/C=C\CCCOc2ccccc2CN1.CCCOC.[B]C. The van der Waals surface area contributed by atoms with Gasteiger partial charge in [0, 0.05) is 38.4 Å². The number of allylic oxidation sites excluding steroid dienone is 4. The molecule has 0 unspecified atom stereocenters. The number of rotatable bonds is 4. The molecule has 1 aliphatic rings. The summed E-state index contributed by atoms with van der Waals surface area (Å²) in [5.74, 6) is 3.28. The summed E-state index contributed by atoms with van der Waals surface area (Å²) in [6, 6.07) is 16.5. The smallest absolute Gasteiger partial charge is 0.141 e. The number of ether oxygens (including phenoxy) is 2. The van der Waals surface area contributed by atoms with E-state index in [9.17, 15) is 0 Å². The molecule has 2 radical (unpaired) electrons. The summed E-state index contributed by atoms with van der Waals surface area (Å²) in [7, 11) is 8.02. The first-order valence-corrected chi connectivity index (χ1v) is 14.9. The number of fused-ring (bicyclic) bond motifs is 1. The summed E-state index contributed by atoms with van der Waals surface area (Å²) in [5.41, 5.74) is 4.53. The van der Waals surface area contributed by atoms with E-state index in [2.05, 4.69) is 93.7 Å². The van der Waals surface area contributed by atoms with Gasteiger partial charge in [-0.25, -0.2) is 4.99 Å². The highest BCUT2D eigenvalue weighted by molar-refractivity contribution is 6.13. The number of amidine groups is 2. The molecular weight excluding hydrogens is 519 g/mol. The third-order valence-electron chi connectivity index (χ3n) is 6.12. The standard InChI is InChI=1S/C30H38N4O.C4H10O.CH3B/c1-5-14-28-32-22-25-17-10-12-19-27(25)35-20-13-7-6-8-15-23(2)21-29(31-4)34-30(33-28)26-18-11-9-16-24(26)3;1-3-4-5-2;1-2/h6,8-12,14,16-19,21,32H,5,7,13,15,20,22H2,1-4H3,(H,31,33,34);3-4H2,1-2H3;1H3/b8-6-,23-21+,28-14+;;. The molecule has 0 spiro atoms. The van der Waals surface area contributed by atoms with Crippen molar-refractivity contribution in [3.8, 4) is 5.75 Å². The molecule has 0 aromatic heterocycles. The number of aryl methyl sites for hydroxylation is 1. The van der Waals surface area contributed by atoms with Gasteiger partial charge in [-0.05, 0) is 69.7 Å². The molecular formula is C35H51BN4O2. The van der Waals surface area contributed by atoms with Crippen molar-refractivity contribution in [1.82, 2.24) is 10.6 Å². The van der Waals surface area contributed by atoms with E-state index in [1.807, 2.05) is 30.3 Å². The molecule has 0 atom stereocenters. The first-order valence-electron chi connectivity index (χ1n) is 14.9. The molecule has 2 N–H and O–H groups in total. The van der Waals surface area contributed by atoms with Crippen LogP contribution in [0.25, 0.3) is 0 Å². The van der Waals surface area contributed by atoms with Crippen molar-refractivity contribution in [2.24, 2.45) is 9.98 Å². The molecule has 42 heavy (non-hydrogen) atoms. The Morgan fingerprint density at radius 3 is 2.45 bits per heavy atom. The van der Waals surface area contributed by atoms with Crippen LogP contribution in [-0.4, -0.2) is 46.9 Å². The number of nitrogens with one attached hydrogen (secondary N) is 2. The van der Waals surface area contributed by atoms with Gasteiger partial charge >= 0.3 is 0 Å². The summed E-state index contributed by atoms with van der Waals surface area (Å²) in [4.78, 5) is 9.55. The zero-order valence-corrected chi connectivity index (χ0v) is 26.9. The molecule has 1 aliphatic heterocycles. The quantitative estimate of drug-likeness (QED) is 0.292. The molecule has 6 nitrogen and oxygen atoms in total. The van der Waals surface area contributed by atoms with E-state index in [0.29, 0.717) is 13.2 Å². The Morgan fingerprint density at radius 1 is 1.05 bits per heavy atom. The van der Waals surface area contributed by atoms with Crippen molar-refractivity contribution in [2.45, 2.75) is 73.2 Å². The number of methoxy groups -OCH3 is 1. The number of hydrogen-bond acceptors (Lipinski definition) is 5. The summed E-state index contributed by atoms with van der Waals surface area (Å²) in [6.45, 7) is 12.1. The molecule has 2 aromatic rings. The van der Waals surface area contributed by atoms with Gasteiger partial charge in [-0.15, -0.1) is 0 Å². The van der Waals surface area contributed by atoms with Gasteiger partial charge < -0.3 is 20.1 Å². The van der Waals surface area contributed by atoms with Crippen LogP contribution in [0.15, 0.2) is 94.2 Å². The van der Waals surface area contributed by atoms with Crippen LogP contribution in [0.5, 0.6) is 5.75 Å². The van der Waals surface area contributed by atoms with E-state index in [0.717, 1.165) is 78.6 Å². The summed E-state index contributed by atoms with van der Waals surface area (Å²) in [5, 5.41) is 7.03. The maximum Gasteiger partial charge on any atom is 0.141 e. The number of aliphatic imine (C=N–C) groups is 2. The van der Waals surface area contributed by atoms with Gasteiger partial charge in [0.15, 0.2) is 0 Å². The fraction of sp³-hybridized carbons (Fsp3) is 0.429. The van der Waals surface area contributed by atoms with E-state index in [4.69, 9.17) is 14.5 Å². The fourth-order valence-corrected chi connectivity index (χ4v) is 3.99. The van der Waals surface area contributed by atoms with Crippen LogP contribution in [0.3, 0.4) is 0 Å². The first-order chi connectivity index (χ1) is 20.5. The maximum absolute atomic E-state index is 6.12. The molecule has 0 saturated heterocycles. The van der Waals surface area contributed by atoms with E-state index < -0.39 is 0 Å². The minimum Gasteiger partial charge on any atom is -0.493 e. The third kappa shape index (κ3) is 14.4. The molecule has 0 amide bonds.